The van der Waals surface area contributed by atoms with Crippen LogP contribution in [0.15, 0.2) is 0 Å². The summed E-state index contributed by atoms with van der Waals surface area (Å²) >= 11 is 3.21. The van der Waals surface area contributed by atoms with Gasteiger partial charge in [-0.3, -0.25) is 4.79 Å². The Labute approximate surface area is 74.5 Å². The lowest BCUT2D eigenvalue weighted by molar-refractivity contribution is -0.144. The minimum Gasteiger partial charge on any atom is -0.481 e. The largest absolute Gasteiger partial charge is 0.481 e. The first-order valence-electron chi connectivity index (χ1n) is 3.56. The molecule has 2 atom stereocenters. The highest BCUT2D eigenvalue weighted by atomic mass is 79.9. The molecule has 4 heteroatoms. The Morgan fingerprint density at radius 2 is 2.18 bits per heavy atom. The molecular weight excluding hydrogens is 212 g/mol. The highest BCUT2D eigenvalue weighted by Crippen LogP contribution is 2.09. The lowest BCUT2D eigenvalue weighted by atomic mass is 10.0. The van der Waals surface area contributed by atoms with E-state index in [-0.39, 0.29) is 0 Å². The summed E-state index contributed by atoms with van der Waals surface area (Å²) in [7, 11) is 0. The number of aliphatic carboxylic acids is 1. The second-order valence-electron chi connectivity index (χ2n) is 2.53. The number of carboxylic acids is 1. The van der Waals surface area contributed by atoms with Gasteiger partial charge in [0.15, 0.2) is 0 Å². The predicted octanol–water partition coefficient (Wildman–Crippen LogP) is 1.24. The number of alkyl halides is 1. The van der Waals surface area contributed by atoms with E-state index in [0.29, 0.717) is 6.42 Å². The molecule has 0 aromatic heterocycles. The summed E-state index contributed by atoms with van der Waals surface area (Å²) in [5.74, 6) is -1.60. The Bertz CT molecular complexity index is 127. The third-order valence-electron chi connectivity index (χ3n) is 1.60. The number of aliphatic hydroxyl groups excluding tert-OH is 1. The van der Waals surface area contributed by atoms with E-state index in [2.05, 4.69) is 15.9 Å². The van der Waals surface area contributed by atoms with Crippen LogP contribution < -0.4 is 0 Å². The monoisotopic (exact) mass is 224 g/mol. The van der Waals surface area contributed by atoms with Crippen molar-refractivity contribution in [2.24, 2.45) is 5.92 Å². The molecule has 0 spiro atoms. The van der Waals surface area contributed by atoms with Crippen molar-refractivity contribution in [1.29, 1.82) is 0 Å². The van der Waals surface area contributed by atoms with E-state index in [1.165, 1.54) is 6.92 Å². The molecule has 2 unspecified atom stereocenters. The number of rotatable bonds is 5. The van der Waals surface area contributed by atoms with Gasteiger partial charge < -0.3 is 10.2 Å². The molecule has 11 heavy (non-hydrogen) atoms. The molecule has 0 aliphatic carbocycles. The molecule has 0 aliphatic heterocycles. The molecule has 0 amide bonds. The molecule has 0 aromatic carbocycles. The Kier molecular flexibility index (Phi) is 5.50. The van der Waals surface area contributed by atoms with E-state index in [0.717, 1.165) is 11.8 Å². The quantitative estimate of drug-likeness (QED) is 0.692. The van der Waals surface area contributed by atoms with Crippen LogP contribution in [0.4, 0.5) is 0 Å². The number of halogens is 1. The van der Waals surface area contributed by atoms with Crippen LogP contribution in [0.3, 0.4) is 0 Å². The number of hydrogen-bond donors (Lipinski definition) is 2. The van der Waals surface area contributed by atoms with Crippen molar-refractivity contribution in [3.05, 3.63) is 0 Å². The topological polar surface area (TPSA) is 57.5 Å². The van der Waals surface area contributed by atoms with E-state index in [9.17, 15) is 9.90 Å². The summed E-state index contributed by atoms with van der Waals surface area (Å²) < 4.78 is 0. The SMILES string of the molecule is CC(C(=O)O)C(O)CCCBr. The van der Waals surface area contributed by atoms with Crippen LogP contribution in [0.5, 0.6) is 0 Å². The molecule has 0 rings (SSSR count). The van der Waals surface area contributed by atoms with Gasteiger partial charge in [-0.2, -0.15) is 0 Å². The molecule has 0 saturated carbocycles. The summed E-state index contributed by atoms with van der Waals surface area (Å²) in [6, 6.07) is 0. The fraction of sp³-hybridized carbons (Fsp3) is 0.857. The molecule has 0 bridgehead atoms. The van der Waals surface area contributed by atoms with Gasteiger partial charge >= 0.3 is 5.97 Å². The standard InChI is InChI=1S/C7H13BrO3/c1-5(7(10)11)6(9)3-2-4-8/h5-6,9H,2-4H2,1H3,(H,10,11). The van der Waals surface area contributed by atoms with Crippen molar-refractivity contribution in [3.8, 4) is 0 Å². The second kappa shape index (κ2) is 5.55. The van der Waals surface area contributed by atoms with Gasteiger partial charge in [0.2, 0.25) is 0 Å². The molecule has 66 valence electrons. The van der Waals surface area contributed by atoms with Crippen LogP contribution in [0.25, 0.3) is 0 Å². The zero-order valence-electron chi connectivity index (χ0n) is 6.46. The number of aliphatic hydroxyl groups is 1. The second-order valence-corrected chi connectivity index (χ2v) is 3.32. The molecular formula is C7H13BrO3. The van der Waals surface area contributed by atoms with Gasteiger partial charge in [0.1, 0.15) is 0 Å². The summed E-state index contributed by atoms with van der Waals surface area (Å²) in [5.41, 5.74) is 0. The maximum absolute atomic E-state index is 10.3. The first-order chi connectivity index (χ1) is 5.09. The van der Waals surface area contributed by atoms with Gasteiger partial charge in [-0.05, 0) is 19.8 Å². The maximum Gasteiger partial charge on any atom is 0.308 e. The van der Waals surface area contributed by atoms with E-state index in [1.54, 1.807) is 0 Å². The minimum atomic E-state index is -0.938. The molecule has 0 fully saturated rings. The van der Waals surface area contributed by atoms with Crippen molar-refractivity contribution in [3.63, 3.8) is 0 Å². The van der Waals surface area contributed by atoms with Crippen LogP contribution >= 0.6 is 15.9 Å². The first-order valence-corrected chi connectivity index (χ1v) is 4.68. The van der Waals surface area contributed by atoms with Gasteiger partial charge in [0.25, 0.3) is 0 Å². The van der Waals surface area contributed by atoms with Gasteiger partial charge in [-0.25, -0.2) is 0 Å². The fourth-order valence-electron chi connectivity index (χ4n) is 0.701. The van der Waals surface area contributed by atoms with E-state index < -0.39 is 18.0 Å². The first kappa shape index (κ1) is 10.9. The summed E-state index contributed by atoms with van der Waals surface area (Å²) in [4.78, 5) is 10.3. The lowest BCUT2D eigenvalue weighted by Gasteiger charge is -2.13. The number of hydrogen-bond acceptors (Lipinski definition) is 2. The normalized spacial score (nSPS) is 15.9. The molecule has 0 saturated heterocycles. The van der Waals surface area contributed by atoms with Crippen LogP contribution in [0.1, 0.15) is 19.8 Å². The van der Waals surface area contributed by atoms with Crippen molar-refractivity contribution >= 4 is 21.9 Å². The van der Waals surface area contributed by atoms with Crippen molar-refractivity contribution in [2.75, 3.05) is 5.33 Å². The summed E-state index contributed by atoms with van der Waals surface area (Å²) in [5, 5.41) is 18.5. The Hall–Kier alpha value is -0.0900. The van der Waals surface area contributed by atoms with E-state index in [1.807, 2.05) is 0 Å². The fourth-order valence-corrected chi connectivity index (χ4v) is 1.02. The molecule has 0 radical (unpaired) electrons. The number of carboxylic acid groups (broad SMARTS) is 1. The Balaban J connectivity index is 3.63. The van der Waals surface area contributed by atoms with Crippen molar-refractivity contribution < 1.29 is 15.0 Å². The Morgan fingerprint density at radius 3 is 2.55 bits per heavy atom. The average Bonchev–Trinajstić information content (AvgIpc) is 1.98. The van der Waals surface area contributed by atoms with Crippen molar-refractivity contribution in [1.82, 2.24) is 0 Å². The highest BCUT2D eigenvalue weighted by Gasteiger charge is 2.19. The summed E-state index contributed by atoms with van der Waals surface area (Å²) in [6.07, 6.45) is 0.627. The Morgan fingerprint density at radius 1 is 1.64 bits per heavy atom. The predicted molar refractivity (Wildman–Crippen MR) is 45.8 cm³/mol. The molecule has 0 aliphatic rings. The number of carbonyl (C=O) groups is 1. The van der Waals surface area contributed by atoms with Gasteiger partial charge in [0, 0.05) is 5.33 Å². The van der Waals surface area contributed by atoms with Crippen LogP contribution in [0, 0.1) is 5.92 Å². The maximum atomic E-state index is 10.3. The minimum absolute atomic E-state index is 0.540. The molecule has 0 heterocycles. The van der Waals surface area contributed by atoms with Crippen LogP contribution in [-0.4, -0.2) is 27.6 Å². The average molecular weight is 225 g/mol. The summed E-state index contributed by atoms with van der Waals surface area (Å²) in [6.45, 7) is 1.52. The lowest BCUT2D eigenvalue weighted by Crippen LogP contribution is -2.25. The zero-order valence-corrected chi connectivity index (χ0v) is 8.04. The van der Waals surface area contributed by atoms with Gasteiger partial charge in [-0.15, -0.1) is 0 Å². The van der Waals surface area contributed by atoms with Crippen molar-refractivity contribution in [2.45, 2.75) is 25.9 Å². The van der Waals surface area contributed by atoms with E-state index in [4.69, 9.17) is 5.11 Å². The molecule has 2 N–H and O–H groups in total. The van der Waals surface area contributed by atoms with Crippen LogP contribution in [0.2, 0.25) is 0 Å². The van der Waals surface area contributed by atoms with E-state index >= 15 is 0 Å². The highest BCUT2D eigenvalue weighted by molar-refractivity contribution is 9.09. The molecule has 3 nitrogen and oxygen atoms in total. The van der Waals surface area contributed by atoms with Gasteiger partial charge in [-0.1, -0.05) is 15.9 Å². The third-order valence-corrected chi connectivity index (χ3v) is 2.16. The van der Waals surface area contributed by atoms with Gasteiger partial charge in [0.05, 0.1) is 12.0 Å². The molecule has 0 aromatic rings. The smallest absolute Gasteiger partial charge is 0.308 e. The van der Waals surface area contributed by atoms with Crippen LogP contribution in [-0.2, 0) is 4.79 Å². The third kappa shape index (κ3) is 4.37. The zero-order chi connectivity index (χ0) is 8.85.